The van der Waals surface area contributed by atoms with E-state index in [-0.39, 0.29) is 10.9 Å². The average molecular weight is 261 g/mol. The highest BCUT2D eigenvalue weighted by Gasteiger charge is 2.47. The molecule has 0 fully saturated rings. The molecule has 1 aromatic carbocycles. The highest BCUT2D eigenvalue weighted by Crippen LogP contribution is 2.38. The van der Waals surface area contributed by atoms with Crippen molar-refractivity contribution in [1.82, 2.24) is 4.98 Å². The summed E-state index contributed by atoms with van der Waals surface area (Å²) < 4.78 is 50.9. The van der Waals surface area contributed by atoms with Crippen molar-refractivity contribution in [2.24, 2.45) is 0 Å². The molecule has 0 bridgehead atoms. The van der Waals surface area contributed by atoms with Gasteiger partial charge in [0.2, 0.25) is 0 Å². The number of aromatic amines is 1. The van der Waals surface area contributed by atoms with Crippen LogP contribution in [0.25, 0.3) is 10.9 Å². The van der Waals surface area contributed by atoms with E-state index in [9.17, 15) is 22.4 Å². The zero-order valence-electron chi connectivity index (χ0n) is 8.75. The van der Waals surface area contributed by atoms with E-state index in [0.717, 1.165) is 24.4 Å². The maximum absolute atomic E-state index is 12.9. The summed E-state index contributed by atoms with van der Waals surface area (Å²) in [5.41, 5.74) is -0.300. The summed E-state index contributed by atoms with van der Waals surface area (Å²) in [5.74, 6) is -5.24. The number of aromatic nitrogens is 1. The molecule has 0 spiro atoms. The molecule has 1 aromatic heterocycles. The number of fused-ring (bicyclic) bond motifs is 1. The molecule has 1 heterocycles. The van der Waals surface area contributed by atoms with E-state index in [4.69, 9.17) is 5.11 Å². The predicted octanol–water partition coefficient (Wildman–Crippen LogP) is 3.04. The molecule has 2 rings (SSSR count). The third-order valence-corrected chi connectivity index (χ3v) is 2.56. The van der Waals surface area contributed by atoms with Crippen LogP contribution in [0.15, 0.2) is 24.4 Å². The van der Waals surface area contributed by atoms with Crippen molar-refractivity contribution in [3.05, 3.63) is 35.8 Å². The minimum atomic E-state index is -4.91. The molecule has 1 atom stereocenters. The summed E-state index contributed by atoms with van der Waals surface area (Å²) in [6, 6.07) is 3.11. The number of nitrogens with one attached hydrogen (secondary N) is 1. The number of hydrogen-bond acceptors (Lipinski definition) is 1. The molecule has 0 amide bonds. The van der Waals surface area contributed by atoms with E-state index < -0.39 is 29.4 Å². The highest BCUT2D eigenvalue weighted by atomic mass is 19.4. The van der Waals surface area contributed by atoms with Crippen LogP contribution in [0.1, 0.15) is 11.5 Å². The van der Waals surface area contributed by atoms with Crippen molar-refractivity contribution >= 4 is 16.9 Å². The van der Waals surface area contributed by atoms with Crippen LogP contribution in [0.4, 0.5) is 17.6 Å². The van der Waals surface area contributed by atoms with Gasteiger partial charge in [0, 0.05) is 22.7 Å². The molecular weight excluding hydrogens is 254 g/mol. The maximum Gasteiger partial charge on any atom is 0.406 e. The van der Waals surface area contributed by atoms with Gasteiger partial charge in [-0.2, -0.15) is 13.2 Å². The summed E-state index contributed by atoms with van der Waals surface area (Å²) in [6.45, 7) is 0. The summed E-state index contributed by atoms with van der Waals surface area (Å²) in [5, 5.41) is 8.73. The van der Waals surface area contributed by atoms with Gasteiger partial charge in [0.1, 0.15) is 5.82 Å². The first-order chi connectivity index (χ1) is 8.30. The fourth-order valence-corrected chi connectivity index (χ4v) is 1.81. The van der Waals surface area contributed by atoms with Crippen molar-refractivity contribution in [2.75, 3.05) is 0 Å². The van der Waals surface area contributed by atoms with Crippen molar-refractivity contribution in [1.29, 1.82) is 0 Å². The van der Waals surface area contributed by atoms with Crippen LogP contribution in [0, 0.1) is 5.82 Å². The monoisotopic (exact) mass is 261 g/mol. The number of alkyl halides is 3. The van der Waals surface area contributed by atoms with Gasteiger partial charge < -0.3 is 10.1 Å². The number of carbonyl (C=O) groups is 1. The summed E-state index contributed by atoms with van der Waals surface area (Å²) >= 11 is 0. The first-order valence-corrected chi connectivity index (χ1v) is 4.87. The highest BCUT2D eigenvalue weighted by molar-refractivity contribution is 5.89. The molecule has 0 aliphatic carbocycles. The molecule has 18 heavy (non-hydrogen) atoms. The maximum atomic E-state index is 12.9. The van der Waals surface area contributed by atoms with E-state index in [1.807, 2.05) is 0 Å². The minimum Gasteiger partial charge on any atom is -0.481 e. The number of carboxylic acids is 1. The molecule has 2 aromatic rings. The first kappa shape index (κ1) is 12.4. The Bertz CT molecular complexity index is 603. The number of carboxylic acid groups (broad SMARTS) is 1. The van der Waals surface area contributed by atoms with Gasteiger partial charge in [0.15, 0.2) is 5.92 Å². The second kappa shape index (κ2) is 4.01. The van der Waals surface area contributed by atoms with Crippen LogP contribution in [0.5, 0.6) is 0 Å². The number of benzene rings is 1. The number of H-pyrrole nitrogens is 1. The molecule has 0 saturated carbocycles. The van der Waals surface area contributed by atoms with Gasteiger partial charge in [-0.05, 0) is 18.2 Å². The molecule has 0 radical (unpaired) electrons. The van der Waals surface area contributed by atoms with Crippen LogP contribution in [-0.4, -0.2) is 22.2 Å². The topological polar surface area (TPSA) is 53.1 Å². The Morgan fingerprint density at radius 3 is 2.56 bits per heavy atom. The standard InChI is InChI=1S/C11H7F4NO2/c12-5-1-2-6-7(4-16-8(6)3-5)9(10(17)18)11(13,14)15/h1-4,9,16H,(H,17,18)/t9-/m0/s1. The van der Waals surface area contributed by atoms with Crippen LogP contribution < -0.4 is 0 Å². The minimum absolute atomic E-state index is 0.0427. The molecule has 0 aliphatic rings. The SMILES string of the molecule is O=C(O)[C@H](c1c[nH]c2cc(F)ccc12)C(F)(F)F. The van der Waals surface area contributed by atoms with Crippen molar-refractivity contribution in [3.8, 4) is 0 Å². The smallest absolute Gasteiger partial charge is 0.406 e. The molecule has 7 heteroatoms. The molecule has 96 valence electrons. The molecule has 3 nitrogen and oxygen atoms in total. The van der Waals surface area contributed by atoms with Crippen molar-refractivity contribution in [2.45, 2.75) is 12.1 Å². The van der Waals surface area contributed by atoms with Crippen LogP contribution in [-0.2, 0) is 4.79 Å². The lowest BCUT2D eigenvalue weighted by Crippen LogP contribution is -2.28. The summed E-state index contributed by atoms with van der Waals surface area (Å²) in [7, 11) is 0. The van der Waals surface area contributed by atoms with Crippen molar-refractivity contribution < 1.29 is 27.5 Å². The average Bonchev–Trinajstić information content (AvgIpc) is 2.58. The molecule has 0 aliphatic heterocycles. The third kappa shape index (κ3) is 2.03. The fourth-order valence-electron chi connectivity index (χ4n) is 1.81. The van der Waals surface area contributed by atoms with Crippen LogP contribution >= 0.6 is 0 Å². The predicted molar refractivity (Wildman–Crippen MR) is 54.7 cm³/mol. The van der Waals surface area contributed by atoms with Crippen molar-refractivity contribution in [3.63, 3.8) is 0 Å². The second-order valence-electron chi connectivity index (χ2n) is 3.75. The Labute approximate surface area is 98.0 Å². The van der Waals surface area contributed by atoms with Gasteiger partial charge >= 0.3 is 12.1 Å². The Morgan fingerprint density at radius 1 is 1.33 bits per heavy atom. The van der Waals surface area contributed by atoms with E-state index in [0.29, 0.717) is 0 Å². The number of rotatable bonds is 2. The number of halogens is 4. The van der Waals surface area contributed by atoms with E-state index in [1.54, 1.807) is 0 Å². The molecule has 2 N–H and O–H groups in total. The van der Waals surface area contributed by atoms with E-state index in [1.165, 1.54) is 0 Å². The summed E-state index contributed by atoms with van der Waals surface area (Å²) in [6.07, 6.45) is -3.97. The van der Waals surface area contributed by atoms with Crippen LogP contribution in [0.3, 0.4) is 0 Å². The molecule has 0 saturated heterocycles. The van der Waals surface area contributed by atoms with E-state index >= 15 is 0 Å². The quantitative estimate of drug-likeness (QED) is 0.816. The van der Waals surface area contributed by atoms with Gasteiger partial charge in [-0.25, -0.2) is 4.39 Å². The number of aliphatic carboxylic acids is 1. The van der Waals surface area contributed by atoms with Crippen LogP contribution in [0.2, 0.25) is 0 Å². The number of hydrogen-bond donors (Lipinski definition) is 2. The lowest BCUT2D eigenvalue weighted by atomic mass is 9.98. The third-order valence-electron chi connectivity index (χ3n) is 2.56. The Morgan fingerprint density at radius 2 is 2.00 bits per heavy atom. The first-order valence-electron chi connectivity index (χ1n) is 4.87. The largest absolute Gasteiger partial charge is 0.481 e. The molecular formula is C11H7F4NO2. The van der Waals surface area contributed by atoms with E-state index in [2.05, 4.69) is 4.98 Å². The second-order valence-corrected chi connectivity index (χ2v) is 3.75. The Balaban J connectivity index is 2.62. The zero-order valence-corrected chi connectivity index (χ0v) is 8.75. The lowest BCUT2D eigenvalue weighted by molar-refractivity contribution is -0.176. The Hall–Kier alpha value is -2.05. The zero-order chi connectivity index (χ0) is 13.5. The van der Waals surface area contributed by atoms with Gasteiger partial charge in [-0.3, -0.25) is 4.79 Å². The van der Waals surface area contributed by atoms with Gasteiger partial charge in [-0.1, -0.05) is 0 Å². The fraction of sp³-hybridized carbons (Fsp3) is 0.182. The Kier molecular flexibility index (Phi) is 2.76. The summed E-state index contributed by atoms with van der Waals surface area (Å²) in [4.78, 5) is 13.2. The van der Waals surface area contributed by atoms with Gasteiger partial charge in [0.25, 0.3) is 0 Å². The van der Waals surface area contributed by atoms with Gasteiger partial charge in [-0.15, -0.1) is 0 Å². The lowest BCUT2D eigenvalue weighted by Gasteiger charge is -2.15. The molecule has 0 unspecified atom stereocenters. The van der Waals surface area contributed by atoms with Gasteiger partial charge in [0.05, 0.1) is 0 Å². The normalized spacial score (nSPS) is 13.8.